The van der Waals surface area contributed by atoms with Crippen molar-refractivity contribution in [3.05, 3.63) is 57.8 Å². The Labute approximate surface area is 102 Å². The fourth-order valence-corrected chi connectivity index (χ4v) is 2.31. The van der Waals surface area contributed by atoms with Gasteiger partial charge in [0.15, 0.2) is 0 Å². The van der Waals surface area contributed by atoms with Crippen molar-refractivity contribution < 1.29 is 0 Å². The highest BCUT2D eigenvalue weighted by Crippen LogP contribution is 2.32. The van der Waals surface area contributed by atoms with Crippen molar-refractivity contribution in [1.29, 1.82) is 0 Å². The summed E-state index contributed by atoms with van der Waals surface area (Å²) >= 11 is 6.29. The van der Waals surface area contributed by atoms with Crippen molar-refractivity contribution in [1.82, 2.24) is 0 Å². The molecule has 0 bridgehead atoms. The van der Waals surface area contributed by atoms with Crippen LogP contribution in [0.2, 0.25) is 5.02 Å². The summed E-state index contributed by atoms with van der Waals surface area (Å²) < 4.78 is 0. The van der Waals surface area contributed by atoms with E-state index in [1.165, 1.54) is 16.7 Å². The Morgan fingerprint density at radius 1 is 1.25 bits per heavy atom. The Kier molecular flexibility index (Phi) is 3.06. The van der Waals surface area contributed by atoms with Crippen molar-refractivity contribution in [3.8, 4) is 0 Å². The van der Waals surface area contributed by atoms with E-state index in [1.54, 1.807) is 0 Å². The van der Waals surface area contributed by atoms with E-state index in [0.29, 0.717) is 5.92 Å². The molecule has 0 aromatic heterocycles. The topological polar surface area (TPSA) is 26.0 Å². The van der Waals surface area contributed by atoms with Gasteiger partial charge in [0.1, 0.15) is 0 Å². The Balaban J connectivity index is 2.35. The number of hydrogen-bond acceptors (Lipinski definition) is 1. The number of halogens is 1. The van der Waals surface area contributed by atoms with E-state index in [0.717, 1.165) is 17.1 Å². The number of benzene rings is 1. The van der Waals surface area contributed by atoms with E-state index in [4.69, 9.17) is 17.3 Å². The lowest BCUT2D eigenvalue weighted by Crippen LogP contribution is -2.04. The van der Waals surface area contributed by atoms with Gasteiger partial charge >= 0.3 is 0 Å². The molecule has 0 saturated carbocycles. The van der Waals surface area contributed by atoms with Crippen LogP contribution >= 0.6 is 11.6 Å². The van der Waals surface area contributed by atoms with E-state index in [9.17, 15) is 0 Å². The molecule has 1 unspecified atom stereocenters. The lowest BCUT2D eigenvalue weighted by molar-refractivity contribution is 0.841. The van der Waals surface area contributed by atoms with Gasteiger partial charge in [-0.05, 0) is 49.1 Å². The van der Waals surface area contributed by atoms with Crippen LogP contribution in [0.25, 0.3) is 0 Å². The molecule has 0 aliphatic heterocycles. The predicted octanol–water partition coefficient (Wildman–Crippen LogP) is 3.84. The number of aryl methyl sites for hydroxylation is 2. The Hall–Kier alpha value is -1.21. The van der Waals surface area contributed by atoms with Crippen molar-refractivity contribution in [2.45, 2.75) is 26.2 Å². The highest BCUT2D eigenvalue weighted by Gasteiger charge is 2.14. The average molecular weight is 234 g/mol. The molecule has 1 aliphatic rings. The third-order valence-corrected chi connectivity index (χ3v) is 3.47. The molecular weight excluding hydrogens is 218 g/mol. The highest BCUT2D eigenvalue weighted by molar-refractivity contribution is 6.31. The first-order valence-corrected chi connectivity index (χ1v) is 5.86. The molecule has 0 amide bonds. The lowest BCUT2D eigenvalue weighted by Gasteiger charge is -2.18. The molecule has 1 aliphatic carbocycles. The van der Waals surface area contributed by atoms with Crippen LogP contribution in [-0.4, -0.2) is 0 Å². The van der Waals surface area contributed by atoms with E-state index in [1.807, 2.05) is 12.1 Å². The first-order valence-electron chi connectivity index (χ1n) is 5.48. The van der Waals surface area contributed by atoms with E-state index in [-0.39, 0.29) is 0 Å². The highest BCUT2D eigenvalue weighted by atomic mass is 35.5. The normalized spacial score (nSPS) is 19.7. The van der Waals surface area contributed by atoms with E-state index < -0.39 is 0 Å². The van der Waals surface area contributed by atoms with Gasteiger partial charge in [-0.25, -0.2) is 0 Å². The first kappa shape index (κ1) is 11.3. The van der Waals surface area contributed by atoms with Crippen molar-refractivity contribution in [3.63, 3.8) is 0 Å². The Morgan fingerprint density at radius 2 is 1.94 bits per heavy atom. The number of nitrogens with two attached hydrogens (primary N) is 1. The Morgan fingerprint density at radius 3 is 2.56 bits per heavy atom. The molecule has 1 atom stereocenters. The summed E-state index contributed by atoms with van der Waals surface area (Å²) in [6, 6.07) is 4.23. The predicted molar refractivity (Wildman–Crippen MR) is 69.7 cm³/mol. The summed E-state index contributed by atoms with van der Waals surface area (Å²) in [5.41, 5.74) is 10.3. The number of hydrogen-bond donors (Lipinski definition) is 1. The van der Waals surface area contributed by atoms with Crippen LogP contribution in [-0.2, 0) is 0 Å². The van der Waals surface area contributed by atoms with Crippen LogP contribution < -0.4 is 5.73 Å². The molecule has 0 fully saturated rings. The smallest absolute Gasteiger partial charge is 0.0446 e. The standard InChI is InChI=1S/C14H16ClN/c1-9-7-13(14(15)8-10(9)2)11-3-5-12(16)6-4-11/h3,5-8,11H,4,16H2,1-2H3. The van der Waals surface area contributed by atoms with Gasteiger partial charge in [0.2, 0.25) is 0 Å². The zero-order valence-corrected chi connectivity index (χ0v) is 10.4. The third-order valence-electron chi connectivity index (χ3n) is 3.14. The number of rotatable bonds is 1. The lowest BCUT2D eigenvalue weighted by atomic mass is 9.90. The van der Waals surface area contributed by atoms with Crippen LogP contribution in [0.5, 0.6) is 0 Å². The van der Waals surface area contributed by atoms with Gasteiger partial charge in [-0.3, -0.25) is 0 Å². The minimum atomic E-state index is 0.360. The van der Waals surface area contributed by atoms with Crippen molar-refractivity contribution in [2.75, 3.05) is 0 Å². The molecule has 1 nitrogen and oxygen atoms in total. The Bertz CT molecular complexity index is 472. The molecule has 84 valence electrons. The second kappa shape index (κ2) is 4.34. The average Bonchev–Trinajstić information content (AvgIpc) is 2.25. The van der Waals surface area contributed by atoms with Crippen LogP contribution in [0, 0.1) is 13.8 Å². The molecule has 1 aromatic rings. The maximum absolute atomic E-state index is 6.29. The quantitative estimate of drug-likeness (QED) is 0.784. The summed E-state index contributed by atoms with van der Waals surface area (Å²) in [5.74, 6) is 0.360. The summed E-state index contributed by atoms with van der Waals surface area (Å²) in [6.07, 6.45) is 7.08. The molecule has 2 heteroatoms. The number of allylic oxidation sites excluding steroid dienone is 3. The van der Waals surface area contributed by atoms with Crippen LogP contribution in [0.1, 0.15) is 29.0 Å². The minimum Gasteiger partial charge on any atom is -0.399 e. The first-order chi connectivity index (χ1) is 7.58. The molecule has 2 rings (SSSR count). The summed E-state index contributed by atoms with van der Waals surface area (Å²) in [4.78, 5) is 0. The maximum Gasteiger partial charge on any atom is 0.0446 e. The molecule has 16 heavy (non-hydrogen) atoms. The fourth-order valence-electron chi connectivity index (χ4n) is 1.95. The molecule has 0 spiro atoms. The van der Waals surface area contributed by atoms with Gasteiger partial charge < -0.3 is 5.73 Å². The van der Waals surface area contributed by atoms with Gasteiger partial charge in [-0.15, -0.1) is 0 Å². The molecule has 2 N–H and O–H groups in total. The van der Waals surface area contributed by atoms with Crippen LogP contribution in [0.4, 0.5) is 0 Å². The van der Waals surface area contributed by atoms with Gasteiger partial charge in [-0.2, -0.15) is 0 Å². The second-order valence-corrected chi connectivity index (χ2v) is 4.77. The SMILES string of the molecule is Cc1cc(Cl)c(C2C=CC(N)=CC2)cc1C. The van der Waals surface area contributed by atoms with Gasteiger partial charge in [-0.1, -0.05) is 29.8 Å². The zero-order valence-electron chi connectivity index (χ0n) is 9.63. The molecular formula is C14H16ClN. The summed E-state index contributed by atoms with van der Waals surface area (Å²) in [7, 11) is 0. The second-order valence-electron chi connectivity index (χ2n) is 4.36. The minimum absolute atomic E-state index is 0.360. The van der Waals surface area contributed by atoms with Crippen molar-refractivity contribution in [2.24, 2.45) is 5.73 Å². The van der Waals surface area contributed by atoms with E-state index in [2.05, 4.69) is 32.1 Å². The zero-order chi connectivity index (χ0) is 11.7. The largest absolute Gasteiger partial charge is 0.399 e. The van der Waals surface area contributed by atoms with Gasteiger partial charge in [0, 0.05) is 16.6 Å². The monoisotopic (exact) mass is 233 g/mol. The summed E-state index contributed by atoms with van der Waals surface area (Å²) in [5, 5.41) is 0.853. The van der Waals surface area contributed by atoms with Gasteiger partial charge in [0.05, 0.1) is 0 Å². The van der Waals surface area contributed by atoms with E-state index >= 15 is 0 Å². The van der Waals surface area contributed by atoms with Crippen LogP contribution in [0.3, 0.4) is 0 Å². The van der Waals surface area contributed by atoms with Crippen molar-refractivity contribution >= 4 is 11.6 Å². The third kappa shape index (κ3) is 2.14. The fraction of sp³-hybridized carbons (Fsp3) is 0.286. The molecule has 0 heterocycles. The summed E-state index contributed by atoms with van der Waals surface area (Å²) in [6.45, 7) is 4.20. The molecule has 0 radical (unpaired) electrons. The molecule has 1 aromatic carbocycles. The van der Waals surface area contributed by atoms with Crippen LogP contribution in [0.15, 0.2) is 36.1 Å². The maximum atomic E-state index is 6.29. The van der Waals surface area contributed by atoms with Gasteiger partial charge in [0.25, 0.3) is 0 Å². The molecule has 0 saturated heterocycles.